The van der Waals surface area contributed by atoms with Crippen LogP contribution in [0.1, 0.15) is 30.9 Å². The fourth-order valence-corrected chi connectivity index (χ4v) is 4.20. The largest absolute Gasteiger partial charge is 0.480 e. The quantitative estimate of drug-likeness (QED) is 0.529. The van der Waals surface area contributed by atoms with Crippen molar-refractivity contribution in [3.05, 3.63) is 72.1 Å². The zero-order valence-corrected chi connectivity index (χ0v) is 19.0. The van der Waals surface area contributed by atoms with Gasteiger partial charge < -0.3 is 14.7 Å². The molecule has 9 heteroatoms. The van der Waals surface area contributed by atoms with E-state index in [1.807, 2.05) is 36.4 Å². The highest BCUT2D eigenvalue weighted by Gasteiger charge is 2.29. The van der Waals surface area contributed by atoms with Crippen LogP contribution in [0, 0.1) is 0 Å². The first-order valence-corrected chi connectivity index (χ1v) is 11.0. The lowest BCUT2D eigenvalue weighted by atomic mass is 9.98. The number of nitrogens with one attached hydrogen (secondary N) is 1. The van der Waals surface area contributed by atoms with Crippen molar-refractivity contribution < 1.29 is 24.2 Å². The molecule has 1 heterocycles. The van der Waals surface area contributed by atoms with Gasteiger partial charge in [-0.3, -0.25) is 19.6 Å². The highest BCUT2D eigenvalue weighted by molar-refractivity contribution is 5.85. The molecule has 3 aromatic rings. The summed E-state index contributed by atoms with van der Waals surface area (Å²) in [6.07, 6.45) is 2.28. The number of rotatable bonds is 8. The Bertz CT molecular complexity index is 1170. The molecular formula is C25H26N4O5. The lowest BCUT2D eigenvalue weighted by molar-refractivity contribution is -0.146. The molecule has 0 bridgehead atoms. The molecule has 0 spiro atoms. The zero-order valence-electron chi connectivity index (χ0n) is 19.0. The van der Waals surface area contributed by atoms with E-state index in [1.165, 1.54) is 22.0 Å². The molecule has 34 heavy (non-hydrogen) atoms. The van der Waals surface area contributed by atoms with Gasteiger partial charge in [0.2, 0.25) is 5.91 Å². The molecule has 0 saturated carbocycles. The lowest BCUT2D eigenvalue weighted by Gasteiger charge is -2.24. The van der Waals surface area contributed by atoms with Crippen LogP contribution in [-0.2, 0) is 20.9 Å². The van der Waals surface area contributed by atoms with Gasteiger partial charge in [0.25, 0.3) is 0 Å². The maximum absolute atomic E-state index is 12.5. The van der Waals surface area contributed by atoms with Gasteiger partial charge >= 0.3 is 12.1 Å². The summed E-state index contributed by atoms with van der Waals surface area (Å²) in [6, 6.07) is 15.9. The van der Waals surface area contributed by atoms with Gasteiger partial charge in [0, 0.05) is 18.2 Å². The number of fused-ring (bicyclic) bond motifs is 3. The van der Waals surface area contributed by atoms with Crippen LogP contribution in [0.15, 0.2) is 60.9 Å². The summed E-state index contributed by atoms with van der Waals surface area (Å²) >= 11 is 0. The summed E-state index contributed by atoms with van der Waals surface area (Å²) in [7, 11) is 0. The molecule has 0 atom stereocenters. The van der Waals surface area contributed by atoms with E-state index in [0.29, 0.717) is 5.69 Å². The van der Waals surface area contributed by atoms with Crippen molar-refractivity contribution in [1.29, 1.82) is 0 Å². The van der Waals surface area contributed by atoms with E-state index >= 15 is 0 Å². The van der Waals surface area contributed by atoms with Gasteiger partial charge in [-0.05, 0) is 36.1 Å². The molecule has 2 aromatic carbocycles. The van der Waals surface area contributed by atoms with Gasteiger partial charge in [-0.15, -0.1) is 0 Å². The first-order chi connectivity index (χ1) is 16.3. The minimum absolute atomic E-state index is 0.0465. The Balaban J connectivity index is 1.35. The van der Waals surface area contributed by atoms with Crippen LogP contribution in [0.2, 0.25) is 0 Å². The van der Waals surface area contributed by atoms with E-state index in [0.717, 1.165) is 22.3 Å². The summed E-state index contributed by atoms with van der Waals surface area (Å²) in [5.41, 5.74) is 4.92. The molecule has 4 rings (SSSR count). The number of ether oxygens (including phenoxy) is 1. The number of aliphatic carboxylic acids is 1. The molecule has 0 fully saturated rings. The van der Waals surface area contributed by atoms with Crippen molar-refractivity contribution in [1.82, 2.24) is 14.7 Å². The van der Waals surface area contributed by atoms with E-state index in [9.17, 15) is 14.4 Å². The van der Waals surface area contributed by atoms with E-state index in [2.05, 4.69) is 22.5 Å². The van der Waals surface area contributed by atoms with Gasteiger partial charge in [-0.25, -0.2) is 4.79 Å². The second kappa shape index (κ2) is 9.78. The van der Waals surface area contributed by atoms with Gasteiger partial charge in [-0.2, -0.15) is 5.10 Å². The maximum Gasteiger partial charge on any atom is 0.411 e. The van der Waals surface area contributed by atoms with Crippen LogP contribution in [0.25, 0.3) is 11.1 Å². The third-order valence-corrected chi connectivity index (χ3v) is 5.77. The van der Waals surface area contributed by atoms with Crippen molar-refractivity contribution in [3.63, 3.8) is 0 Å². The van der Waals surface area contributed by atoms with Crippen molar-refractivity contribution in [2.45, 2.75) is 32.4 Å². The molecule has 1 aliphatic carbocycles. The molecule has 1 aromatic heterocycles. The molecule has 0 saturated heterocycles. The van der Waals surface area contributed by atoms with Crippen LogP contribution in [0.3, 0.4) is 0 Å². The molecule has 0 unspecified atom stereocenters. The molecule has 176 valence electrons. The zero-order chi connectivity index (χ0) is 24.2. The van der Waals surface area contributed by atoms with Crippen LogP contribution >= 0.6 is 0 Å². The smallest absolute Gasteiger partial charge is 0.411 e. The first kappa shape index (κ1) is 23.0. The highest BCUT2D eigenvalue weighted by atomic mass is 16.5. The molecule has 0 radical (unpaired) electrons. The van der Waals surface area contributed by atoms with Crippen molar-refractivity contribution >= 4 is 23.7 Å². The molecular weight excluding hydrogens is 436 g/mol. The minimum atomic E-state index is -1.08. The Hall–Kier alpha value is -4.14. The average molecular weight is 463 g/mol. The second-order valence-corrected chi connectivity index (χ2v) is 8.39. The van der Waals surface area contributed by atoms with Gasteiger partial charge in [0.1, 0.15) is 19.7 Å². The van der Waals surface area contributed by atoms with Crippen LogP contribution in [0.5, 0.6) is 0 Å². The predicted molar refractivity (Wildman–Crippen MR) is 125 cm³/mol. The topological polar surface area (TPSA) is 114 Å². The second-order valence-electron chi connectivity index (χ2n) is 8.39. The number of anilines is 1. The number of carbonyl (C=O) groups excluding carboxylic acids is 2. The SMILES string of the molecule is CC(C)N(CC(=O)O)C(=O)Cn1cc(NC(=O)OCC2c3ccccc3-c3ccccc32)cn1. The number of carboxylic acid groups (broad SMARTS) is 1. The van der Waals surface area contributed by atoms with Crippen LogP contribution in [0.4, 0.5) is 10.5 Å². The Morgan fingerprint density at radius 1 is 1.09 bits per heavy atom. The van der Waals surface area contributed by atoms with Gasteiger partial charge in [0.15, 0.2) is 0 Å². The molecule has 2 N–H and O–H groups in total. The molecule has 1 aliphatic rings. The van der Waals surface area contributed by atoms with E-state index < -0.39 is 12.1 Å². The Kier molecular flexibility index (Phi) is 6.62. The van der Waals surface area contributed by atoms with Crippen LogP contribution < -0.4 is 5.32 Å². The predicted octanol–water partition coefficient (Wildman–Crippen LogP) is 3.57. The molecule has 2 amide bonds. The number of nitrogens with zero attached hydrogens (tertiary/aromatic N) is 3. The standard InChI is InChI=1S/C25H26N4O5/c1-16(2)29(14-24(31)32)23(30)13-28-12-17(11-26-28)27-25(33)34-15-22-20-9-5-3-7-18(20)19-8-4-6-10-21(19)22/h3-12,16,22H,13-15H2,1-2H3,(H,27,33)(H,31,32). The summed E-state index contributed by atoms with van der Waals surface area (Å²) in [6.45, 7) is 3.15. The summed E-state index contributed by atoms with van der Waals surface area (Å²) in [5, 5.41) is 15.7. The average Bonchev–Trinajstić information content (AvgIpc) is 3.37. The lowest BCUT2D eigenvalue weighted by Crippen LogP contribution is -2.42. The maximum atomic E-state index is 12.5. The fraction of sp³-hybridized carbons (Fsp3) is 0.280. The van der Waals surface area contributed by atoms with Crippen molar-refractivity contribution in [2.24, 2.45) is 0 Å². The number of aromatic nitrogens is 2. The van der Waals surface area contributed by atoms with E-state index in [4.69, 9.17) is 9.84 Å². The van der Waals surface area contributed by atoms with E-state index in [1.54, 1.807) is 13.8 Å². The van der Waals surface area contributed by atoms with Gasteiger partial charge in [0.05, 0.1) is 11.9 Å². The summed E-state index contributed by atoms with van der Waals surface area (Å²) in [4.78, 5) is 37.2. The Morgan fingerprint density at radius 2 is 1.71 bits per heavy atom. The summed E-state index contributed by atoms with van der Waals surface area (Å²) < 4.78 is 6.87. The normalized spacial score (nSPS) is 12.2. The number of amides is 2. The Labute approximate surface area is 196 Å². The molecule has 0 aliphatic heterocycles. The number of carboxylic acids is 1. The number of hydrogen-bond donors (Lipinski definition) is 2. The highest BCUT2D eigenvalue weighted by Crippen LogP contribution is 2.44. The van der Waals surface area contributed by atoms with Gasteiger partial charge in [-0.1, -0.05) is 48.5 Å². The summed E-state index contributed by atoms with van der Waals surface area (Å²) in [5.74, 6) is -1.51. The fourth-order valence-electron chi connectivity index (χ4n) is 4.20. The van der Waals surface area contributed by atoms with Crippen LogP contribution in [-0.4, -0.2) is 57.0 Å². The minimum Gasteiger partial charge on any atom is -0.480 e. The Morgan fingerprint density at radius 3 is 2.29 bits per heavy atom. The third kappa shape index (κ3) is 4.93. The monoisotopic (exact) mass is 462 g/mol. The number of hydrogen-bond acceptors (Lipinski definition) is 5. The third-order valence-electron chi connectivity index (χ3n) is 5.77. The number of benzene rings is 2. The van der Waals surface area contributed by atoms with E-state index in [-0.39, 0.29) is 37.6 Å². The molecule has 9 nitrogen and oxygen atoms in total. The van der Waals surface area contributed by atoms with Crippen molar-refractivity contribution in [3.8, 4) is 11.1 Å². The first-order valence-electron chi connectivity index (χ1n) is 11.0. The van der Waals surface area contributed by atoms with Crippen molar-refractivity contribution in [2.75, 3.05) is 18.5 Å². The number of carbonyl (C=O) groups is 3.